The quantitative estimate of drug-likeness (QED) is 0.806. The van der Waals surface area contributed by atoms with Crippen LogP contribution in [0.1, 0.15) is 30.2 Å². The zero-order valence-electron chi connectivity index (χ0n) is 11.2. The SMILES string of the molecule is CCCCc1ccc(-c2ccc(CNC)s2)cc1. The molecule has 2 rings (SSSR count). The van der Waals surface area contributed by atoms with Crippen LogP contribution < -0.4 is 5.32 Å². The van der Waals surface area contributed by atoms with Gasteiger partial charge in [0.05, 0.1) is 0 Å². The predicted octanol–water partition coefficient (Wildman–Crippen LogP) is 4.48. The van der Waals surface area contributed by atoms with Crippen molar-refractivity contribution in [3.05, 3.63) is 46.8 Å². The third-order valence-corrected chi connectivity index (χ3v) is 4.20. The van der Waals surface area contributed by atoms with Gasteiger partial charge in [-0.15, -0.1) is 11.3 Å². The Hall–Kier alpha value is -1.12. The number of nitrogens with one attached hydrogen (secondary N) is 1. The van der Waals surface area contributed by atoms with Gasteiger partial charge in [0, 0.05) is 16.3 Å². The lowest BCUT2D eigenvalue weighted by molar-refractivity contribution is 0.795. The summed E-state index contributed by atoms with van der Waals surface area (Å²) in [6.07, 6.45) is 3.75. The second-order valence-corrected chi connectivity index (χ2v) is 5.77. The first-order chi connectivity index (χ1) is 8.83. The van der Waals surface area contributed by atoms with Crippen molar-refractivity contribution in [2.45, 2.75) is 32.7 Å². The minimum absolute atomic E-state index is 0.958. The van der Waals surface area contributed by atoms with E-state index in [1.807, 2.05) is 18.4 Å². The van der Waals surface area contributed by atoms with E-state index in [0.717, 1.165) is 6.54 Å². The summed E-state index contributed by atoms with van der Waals surface area (Å²) in [5, 5.41) is 3.19. The highest BCUT2D eigenvalue weighted by atomic mass is 32.1. The van der Waals surface area contributed by atoms with E-state index in [2.05, 4.69) is 48.6 Å². The van der Waals surface area contributed by atoms with Crippen molar-refractivity contribution in [1.29, 1.82) is 0 Å². The van der Waals surface area contributed by atoms with Crippen molar-refractivity contribution in [3.63, 3.8) is 0 Å². The fourth-order valence-electron chi connectivity index (χ4n) is 2.02. The molecule has 0 saturated carbocycles. The molecule has 18 heavy (non-hydrogen) atoms. The van der Waals surface area contributed by atoms with Gasteiger partial charge in [-0.2, -0.15) is 0 Å². The van der Waals surface area contributed by atoms with Gasteiger partial charge < -0.3 is 5.32 Å². The normalized spacial score (nSPS) is 10.8. The molecular weight excluding hydrogens is 238 g/mol. The van der Waals surface area contributed by atoms with Crippen molar-refractivity contribution < 1.29 is 0 Å². The van der Waals surface area contributed by atoms with Crippen molar-refractivity contribution in [1.82, 2.24) is 5.32 Å². The number of benzene rings is 1. The van der Waals surface area contributed by atoms with Crippen molar-refractivity contribution >= 4 is 11.3 Å². The van der Waals surface area contributed by atoms with Gasteiger partial charge in [0.2, 0.25) is 0 Å². The van der Waals surface area contributed by atoms with Crippen LogP contribution in [0.25, 0.3) is 10.4 Å². The first kappa shape index (κ1) is 13.3. The Morgan fingerprint density at radius 2 is 1.83 bits per heavy atom. The van der Waals surface area contributed by atoms with Gasteiger partial charge >= 0.3 is 0 Å². The maximum absolute atomic E-state index is 3.19. The van der Waals surface area contributed by atoms with E-state index < -0.39 is 0 Å². The summed E-state index contributed by atoms with van der Waals surface area (Å²) in [5.41, 5.74) is 2.79. The van der Waals surface area contributed by atoms with Crippen LogP contribution in [0.2, 0.25) is 0 Å². The molecule has 0 fully saturated rings. The topological polar surface area (TPSA) is 12.0 Å². The number of hydrogen-bond acceptors (Lipinski definition) is 2. The van der Waals surface area contributed by atoms with Gasteiger partial charge in [-0.3, -0.25) is 0 Å². The molecule has 0 aliphatic carbocycles. The zero-order valence-corrected chi connectivity index (χ0v) is 12.0. The second kappa shape index (κ2) is 6.72. The first-order valence-electron chi connectivity index (χ1n) is 6.66. The lowest BCUT2D eigenvalue weighted by Gasteiger charge is -2.02. The summed E-state index contributed by atoms with van der Waals surface area (Å²) in [5.74, 6) is 0. The lowest BCUT2D eigenvalue weighted by atomic mass is 10.1. The van der Waals surface area contributed by atoms with E-state index >= 15 is 0 Å². The van der Waals surface area contributed by atoms with E-state index in [0.29, 0.717) is 0 Å². The Morgan fingerprint density at radius 3 is 2.50 bits per heavy atom. The van der Waals surface area contributed by atoms with Crippen LogP contribution >= 0.6 is 11.3 Å². The Kier molecular flexibility index (Phi) is 4.97. The Labute approximate surface area is 114 Å². The van der Waals surface area contributed by atoms with Crippen LogP contribution in [-0.2, 0) is 13.0 Å². The largest absolute Gasteiger partial charge is 0.315 e. The zero-order chi connectivity index (χ0) is 12.8. The number of thiophene rings is 1. The van der Waals surface area contributed by atoms with Gasteiger partial charge in [-0.25, -0.2) is 0 Å². The van der Waals surface area contributed by atoms with E-state index in [4.69, 9.17) is 0 Å². The van der Waals surface area contributed by atoms with E-state index in [1.54, 1.807) is 0 Å². The molecule has 2 heteroatoms. The summed E-state index contributed by atoms with van der Waals surface area (Å²) in [7, 11) is 1.99. The Balaban J connectivity index is 2.07. The van der Waals surface area contributed by atoms with Crippen LogP contribution in [0, 0.1) is 0 Å². The monoisotopic (exact) mass is 259 g/mol. The van der Waals surface area contributed by atoms with Crippen LogP contribution in [0.5, 0.6) is 0 Å². The molecule has 1 N–H and O–H groups in total. The minimum atomic E-state index is 0.958. The first-order valence-corrected chi connectivity index (χ1v) is 7.47. The average Bonchev–Trinajstić information content (AvgIpc) is 2.86. The molecule has 0 aliphatic rings. The summed E-state index contributed by atoms with van der Waals surface area (Å²) in [4.78, 5) is 2.75. The molecule has 0 atom stereocenters. The third kappa shape index (κ3) is 3.44. The summed E-state index contributed by atoms with van der Waals surface area (Å²) in [6, 6.07) is 13.5. The Morgan fingerprint density at radius 1 is 1.06 bits per heavy atom. The number of unbranched alkanes of at least 4 members (excludes halogenated alkanes) is 1. The minimum Gasteiger partial charge on any atom is -0.315 e. The molecule has 0 saturated heterocycles. The van der Waals surface area contributed by atoms with Gasteiger partial charge in [0.25, 0.3) is 0 Å². The molecule has 0 radical (unpaired) electrons. The maximum Gasteiger partial charge on any atom is 0.0346 e. The highest BCUT2D eigenvalue weighted by Crippen LogP contribution is 2.28. The molecule has 0 bridgehead atoms. The smallest absolute Gasteiger partial charge is 0.0346 e. The third-order valence-electron chi connectivity index (χ3n) is 3.07. The van der Waals surface area contributed by atoms with Gasteiger partial charge in [0.15, 0.2) is 0 Å². The van der Waals surface area contributed by atoms with Gasteiger partial charge in [-0.05, 0) is 43.1 Å². The van der Waals surface area contributed by atoms with Gasteiger partial charge in [-0.1, -0.05) is 37.6 Å². The molecule has 2 aromatic rings. The molecule has 0 amide bonds. The van der Waals surface area contributed by atoms with Crippen molar-refractivity contribution in [2.24, 2.45) is 0 Å². The lowest BCUT2D eigenvalue weighted by Crippen LogP contribution is -2.02. The highest BCUT2D eigenvalue weighted by molar-refractivity contribution is 7.15. The Bertz CT molecular complexity index is 470. The van der Waals surface area contributed by atoms with Gasteiger partial charge in [0.1, 0.15) is 0 Å². The summed E-state index contributed by atoms with van der Waals surface area (Å²) < 4.78 is 0. The summed E-state index contributed by atoms with van der Waals surface area (Å²) >= 11 is 1.87. The second-order valence-electron chi connectivity index (χ2n) is 4.60. The number of rotatable bonds is 6. The van der Waals surface area contributed by atoms with Crippen LogP contribution in [0.15, 0.2) is 36.4 Å². The molecule has 1 nitrogen and oxygen atoms in total. The highest BCUT2D eigenvalue weighted by Gasteiger charge is 2.02. The van der Waals surface area contributed by atoms with Crippen LogP contribution in [0.4, 0.5) is 0 Å². The fraction of sp³-hybridized carbons (Fsp3) is 0.375. The standard InChI is InChI=1S/C16H21NS/c1-3-4-5-13-6-8-14(9-7-13)16-11-10-15(18-16)12-17-2/h6-11,17H,3-5,12H2,1-2H3. The number of hydrogen-bond donors (Lipinski definition) is 1. The molecule has 0 unspecified atom stereocenters. The molecule has 96 valence electrons. The fourth-order valence-corrected chi connectivity index (χ4v) is 3.04. The molecule has 1 heterocycles. The predicted molar refractivity (Wildman–Crippen MR) is 81.1 cm³/mol. The summed E-state index contributed by atoms with van der Waals surface area (Å²) in [6.45, 7) is 3.20. The molecule has 1 aromatic heterocycles. The van der Waals surface area contributed by atoms with Crippen LogP contribution in [0.3, 0.4) is 0 Å². The molecule has 0 aliphatic heterocycles. The molecular formula is C16H21NS. The number of aryl methyl sites for hydroxylation is 1. The van der Waals surface area contributed by atoms with Crippen LogP contribution in [-0.4, -0.2) is 7.05 Å². The van der Waals surface area contributed by atoms with E-state index in [1.165, 1.54) is 40.1 Å². The average molecular weight is 259 g/mol. The van der Waals surface area contributed by atoms with Crippen molar-refractivity contribution in [2.75, 3.05) is 7.05 Å². The van der Waals surface area contributed by atoms with E-state index in [-0.39, 0.29) is 0 Å². The molecule has 1 aromatic carbocycles. The molecule has 0 spiro atoms. The maximum atomic E-state index is 3.19. The van der Waals surface area contributed by atoms with Crippen molar-refractivity contribution in [3.8, 4) is 10.4 Å². The van der Waals surface area contributed by atoms with E-state index in [9.17, 15) is 0 Å².